The van der Waals surface area contributed by atoms with Crippen LogP contribution < -0.4 is 5.32 Å². The zero-order chi connectivity index (χ0) is 17.3. The summed E-state index contributed by atoms with van der Waals surface area (Å²) >= 11 is 0. The minimum absolute atomic E-state index is 0.115. The number of sulfonamides is 1. The van der Waals surface area contributed by atoms with Gasteiger partial charge < -0.3 is 9.88 Å². The number of aryl methyl sites for hydroxylation is 1. The van der Waals surface area contributed by atoms with Crippen molar-refractivity contribution in [1.29, 1.82) is 0 Å². The Morgan fingerprint density at radius 2 is 2.12 bits per heavy atom. The van der Waals surface area contributed by atoms with Crippen LogP contribution in [-0.2, 0) is 28.4 Å². The van der Waals surface area contributed by atoms with Gasteiger partial charge in [0.25, 0.3) is 0 Å². The maximum atomic E-state index is 12.4. The molecule has 130 valence electrons. The highest BCUT2D eigenvalue weighted by molar-refractivity contribution is 7.88. The summed E-state index contributed by atoms with van der Waals surface area (Å²) in [5.74, 6) is 0.360. The van der Waals surface area contributed by atoms with Crippen LogP contribution in [0.25, 0.3) is 11.0 Å². The molecule has 0 spiro atoms. The Balaban J connectivity index is 1.65. The summed E-state index contributed by atoms with van der Waals surface area (Å²) < 4.78 is 26.7. The number of aromatic nitrogens is 2. The Morgan fingerprint density at radius 1 is 1.38 bits per heavy atom. The molecule has 1 saturated heterocycles. The molecule has 1 fully saturated rings. The second-order valence-corrected chi connectivity index (χ2v) is 8.24. The zero-order valence-electron chi connectivity index (χ0n) is 13.9. The van der Waals surface area contributed by atoms with Crippen molar-refractivity contribution in [3.63, 3.8) is 0 Å². The smallest absolute Gasteiger partial charge is 0.224 e. The van der Waals surface area contributed by atoms with Crippen molar-refractivity contribution in [1.82, 2.24) is 19.2 Å². The molecule has 0 aliphatic carbocycles. The summed E-state index contributed by atoms with van der Waals surface area (Å²) in [6.07, 6.45) is 2.60. The quantitative estimate of drug-likeness (QED) is 0.886. The van der Waals surface area contributed by atoms with Gasteiger partial charge in [-0.15, -0.1) is 0 Å². The number of nitrogens with zero attached hydrogens (tertiary/aromatic N) is 3. The normalized spacial score (nSPS) is 19.5. The third-order valence-corrected chi connectivity index (χ3v) is 5.79. The monoisotopic (exact) mass is 350 g/mol. The van der Waals surface area contributed by atoms with Crippen LogP contribution >= 0.6 is 0 Å². The van der Waals surface area contributed by atoms with E-state index in [1.54, 1.807) is 0 Å². The predicted molar refractivity (Wildman–Crippen MR) is 91.7 cm³/mol. The second kappa shape index (κ2) is 6.52. The lowest BCUT2D eigenvalue weighted by atomic mass is 9.99. The Hall–Kier alpha value is -1.93. The number of para-hydroxylation sites is 2. The number of hydrogen-bond donors (Lipinski definition) is 1. The van der Waals surface area contributed by atoms with Crippen LogP contribution in [0.15, 0.2) is 24.3 Å². The first-order chi connectivity index (χ1) is 11.4. The van der Waals surface area contributed by atoms with E-state index in [0.717, 1.165) is 16.9 Å². The van der Waals surface area contributed by atoms with Gasteiger partial charge in [-0.1, -0.05) is 12.1 Å². The fourth-order valence-electron chi connectivity index (χ4n) is 3.12. The molecule has 1 aliphatic heterocycles. The van der Waals surface area contributed by atoms with E-state index < -0.39 is 10.0 Å². The van der Waals surface area contributed by atoms with Gasteiger partial charge in [0, 0.05) is 20.1 Å². The van der Waals surface area contributed by atoms with Crippen molar-refractivity contribution < 1.29 is 13.2 Å². The van der Waals surface area contributed by atoms with Crippen LogP contribution in [0, 0.1) is 5.92 Å². The van der Waals surface area contributed by atoms with Gasteiger partial charge in [-0.3, -0.25) is 4.79 Å². The summed E-state index contributed by atoms with van der Waals surface area (Å²) in [5, 5.41) is 2.90. The number of carbonyl (C=O) groups is 1. The average Bonchev–Trinajstić information content (AvgIpc) is 2.88. The fraction of sp³-hybridized carbons (Fsp3) is 0.500. The van der Waals surface area contributed by atoms with Gasteiger partial charge in [0.2, 0.25) is 15.9 Å². The predicted octanol–water partition coefficient (Wildman–Crippen LogP) is 0.861. The molecule has 7 nitrogen and oxygen atoms in total. The zero-order valence-corrected chi connectivity index (χ0v) is 14.7. The lowest BCUT2D eigenvalue weighted by Gasteiger charge is -2.30. The van der Waals surface area contributed by atoms with Crippen LogP contribution in [0.4, 0.5) is 0 Å². The average molecular weight is 350 g/mol. The summed E-state index contributed by atoms with van der Waals surface area (Å²) in [7, 11) is -1.33. The van der Waals surface area contributed by atoms with Gasteiger partial charge in [0.05, 0.1) is 29.8 Å². The van der Waals surface area contributed by atoms with Crippen molar-refractivity contribution in [3.8, 4) is 0 Å². The molecule has 1 aromatic heterocycles. The van der Waals surface area contributed by atoms with Gasteiger partial charge in [-0.25, -0.2) is 17.7 Å². The first-order valence-electron chi connectivity index (χ1n) is 7.99. The molecule has 0 radical (unpaired) electrons. The van der Waals surface area contributed by atoms with Crippen LogP contribution in [0.1, 0.15) is 18.7 Å². The van der Waals surface area contributed by atoms with Gasteiger partial charge >= 0.3 is 0 Å². The highest BCUT2D eigenvalue weighted by Gasteiger charge is 2.30. The molecule has 24 heavy (non-hydrogen) atoms. The maximum Gasteiger partial charge on any atom is 0.224 e. The third kappa shape index (κ3) is 3.44. The fourth-order valence-corrected chi connectivity index (χ4v) is 4.03. The van der Waals surface area contributed by atoms with E-state index in [-0.39, 0.29) is 18.4 Å². The molecule has 2 heterocycles. The SMILES string of the molecule is Cn1c(CNC(=O)C2CCCN(S(C)(=O)=O)C2)nc2ccccc21. The molecule has 1 N–H and O–H groups in total. The molecule has 3 rings (SSSR count). The van der Waals surface area contributed by atoms with Crippen LogP contribution in [0.5, 0.6) is 0 Å². The minimum Gasteiger partial charge on any atom is -0.349 e. The van der Waals surface area contributed by atoms with Crippen molar-refractivity contribution in [2.75, 3.05) is 19.3 Å². The summed E-state index contributed by atoms with van der Waals surface area (Å²) in [5.41, 5.74) is 1.91. The van der Waals surface area contributed by atoms with Crippen LogP contribution in [-0.4, -0.2) is 47.5 Å². The lowest BCUT2D eigenvalue weighted by molar-refractivity contribution is -0.126. The Kier molecular flexibility index (Phi) is 4.60. The maximum absolute atomic E-state index is 12.4. The molecule has 1 amide bonds. The Morgan fingerprint density at radius 3 is 2.83 bits per heavy atom. The molecule has 8 heteroatoms. The molecule has 1 aromatic carbocycles. The number of rotatable bonds is 4. The number of nitrogens with one attached hydrogen (secondary N) is 1. The first kappa shape index (κ1) is 16.9. The molecule has 2 aromatic rings. The number of piperidine rings is 1. The number of benzene rings is 1. The highest BCUT2D eigenvalue weighted by atomic mass is 32.2. The molecule has 0 saturated carbocycles. The topological polar surface area (TPSA) is 84.3 Å². The van der Waals surface area contributed by atoms with Gasteiger partial charge in [-0.05, 0) is 25.0 Å². The number of imidazole rings is 1. The van der Waals surface area contributed by atoms with Gasteiger partial charge in [-0.2, -0.15) is 0 Å². The molecule has 0 bridgehead atoms. The van der Waals surface area contributed by atoms with E-state index in [9.17, 15) is 13.2 Å². The van der Waals surface area contributed by atoms with Crippen molar-refractivity contribution in [2.45, 2.75) is 19.4 Å². The molecule has 1 unspecified atom stereocenters. The lowest BCUT2D eigenvalue weighted by Crippen LogP contribution is -2.45. The summed E-state index contributed by atoms with van der Waals surface area (Å²) in [6, 6.07) is 7.80. The van der Waals surface area contributed by atoms with E-state index in [1.165, 1.54) is 10.6 Å². The first-order valence-corrected chi connectivity index (χ1v) is 9.84. The minimum atomic E-state index is -3.25. The van der Waals surface area contributed by atoms with E-state index in [4.69, 9.17) is 0 Å². The molecular formula is C16H22N4O3S. The Bertz CT molecular complexity index is 859. The highest BCUT2D eigenvalue weighted by Crippen LogP contribution is 2.19. The van der Waals surface area contributed by atoms with Crippen molar-refractivity contribution in [3.05, 3.63) is 30.1 Å². The molecule has 1 aliphatic rings. The second-order valence-electron chi connectivity index (χ2n) is 6.25. The number of hydrogen-bond acceptors (Lipinski definition) is 4. The largest absolute Gasteiger partial charge is 0.349 e. The van der Waals surface area contributed by atoms with Gasteiger partial charge in [0.15, 0.2) is 0 Å². The standard InChI is InChI=1S/C16H22N4O3S/c1-19-14-8-4-3-7-13(14)18-15(19)10-17-16(21)12-6-5-9-20(11-12)24(2,22)23/h3-4,7-8,12H,5-6,9-11H2,1-2H3,(H,17,21). The number of fused-ring (bicyclic) bond motifs is 1. The van der Waals surface area contributed by atoms with Crippen molar-refractivity contribution >= 4 is 27.0 Å². The van der Waals surface area contributed by atoms with Crippen molar-refractivity contribution in [2.24, 2.45) is 13.0 Å². The molecule has 1 atom stereocenters. The number of carbonyl (C=O) groups excluding carboxylic acids is 1. The third-order valence-electron chi connectivity index (χ3n) is 4.52. The number of amides is 1. The van der Waals surface area contributed by atoms with Gasteiger partial charge in [0.1, 0.15) is 5.82 Å². The summed E-state index contributed by atoms with van der Waals surface area (Å²) in [4.78, 5) is 16.9. The van der Waals surface area contributed by atoms with E-state index in [1.807, 2.05) is 35.9 Å². The van der Waals surface area contributed by atoms with Crippen LogP contribution in [0.2, 0.25) is 0 Å². The van der Waals surface area contributed by atoms with E-state index in [2.05, 4.69) is 10.3 Å². The van der Waals surface area contributed by atoms with E-state index in [0.29, 0.717) is 25.9 Å². The van der Waals surface area contributed by atoms with Crippen LogP contribution in [0.3, 0.4) is 0 Å². The summed E-state index contributed by atoms with van der Waals surface area (Å²) in [6.45, 7) is 1.08. The Labute approximate surface area is 141 Å². The van der Waals surface area contributed by atoms with E-state index >= 15 is 0 Å². The molecular weight excluding hydrogens is 328 g/mol.